The van der Waals surface area contributed by atoms with Gasteiger partial charge in [-0.05, 0) is 24.6 Å². The number of phenolic OH excluding ortho intramolecular Hbond substituents is 1. The molecule has 1 aromatic carbocycles. The number of nitrogen functional groups attached to an aromatic ring is 1. The van der Waals surface area contributed by atoms with Crippen molar-refractivity contribution in [3.8, 4) is 5.75 Å². The highest BCUT2D eigenvalue weighted by molar-refractivity contribution is 5.73. The molecular formula is C16H21FN6O3. The summed E-state index contributed by atoms with van der Waals surface area (Å²) in [5.74, 6) is -1.21. The molecule has 0 saturated carbocycles. The van der Waals surface area contributed by atoms with Gasteiger partial charge in [-0.2, -0.15) is 0 Å². The maximum absolute atomic E-state index is 14.1. The van der Waals surface area contributed by atoms with Crippen LogP contribution in [0.2, 0.25) is 0 Å². The standard InChI is InChI=1S/C16H21FN6O3/c1-9-6-10(17)12(11(24)7-9)20-13-14(18)23(16(26)21-15(13)25)5-4-22-3-2-19-8-22/h6-7,19-20,24H,2-5,8,18H2,1H3,(H,21,25,26). The van der Waals surface area contributed by atoms with Crippen molar-refractivity contribution in [1.82, 2.24) is 19.8 Å². The first kappa shape index (κ1) is 18.0. The first-order chi connectivity index (χ1) is 12.4. The molecule has 1 aromatic heterocycles. The van der Waals surface area contributed by atoms with Crippen LogP contribution in [0.3, 0.4) is 0 Å². The van der Waals surface area contributed by atoms with E-state index < -0.39 is 17.1 Å². The summed E-state index contributed by atoms with van der Waals surface area (Å²) >= 11 is 0. The van der Waals surface area contributed by atoms with Crippen LogP contribution in [0.1, 0.15) is 5.56 Å². The van der Waals surface area contributed by atoms with E-state index in [-0.39, 0.29) is 29.5 Å². The molecule has 140 valence electrons. The van der Waals surface area contributed by atoms with Gasteiger partial charge in [0.15, 0.2) is 5.82 Å². The van der Waals surface area contributed by atoms with Crippen molar-refractivity contribution in [2.45, 2.75) is 13.5 Å². The molecule has 0 spiro atoms. The number of rotatable bonds is 5. The number of H-pyrrole nitrogens is 1. The van der Waals surface area contributed by atoms with Crippen LogP contribution in [0.15, 0.2) is 21.7 Å². The van der Waals surface area contributed by atoms with Gasteiger partial charge in [-0.3, -0.25) is 19.2 Å². The minimum Gasteiger partial charge on any atom is -0.506 e. The average molecular weight is 364 g/mol. The summed E-state index contributed by atoms with van der Waals surface area (Å²) in [5.41, 5.74) is 4.62. The largest absolute Gasteiger partial charge is 0.506 e. The molecule has 3 rings (SSSR count). The van der Waals surface area contributed by atoms with Gasteiger partial charge in [-0.1, -0.05) is 0 Å². The molecule has 0 bridgehead atoms. The molecule has 1 saturated heterocycles. The molecule has 0 radical (unpaired) electrons. The molecule has 10 heteroatoms. The molecular weight excluding hydrogens is 343 g/mol. The number of nitrogens with zero attached hydrogens (tertiary/aromatic N) is 2. The number of aryl methyl sites for hydroxylation is 1. The van der Waals surface area contributed by atoms with Gasteiger partial charge < -0.3 is 21.5 Å². The molecule has 0 unspecified atom stereocenters. The molecule has 2 aromatic rings. The molecule has 6 N–H and O–H groups in total. The Kier molecular flexibility index (Phi) is 4.96. The van der Waals surface area contributed by atoms with Crippen LogP contribution in [0.5, 0.6) is 5.75 Å². The third-order valence-corrected chi connectivity index (χ3v) is 4.28. The monoisotopic (exact) mass is 364 g/mol. The molecule has 26 heavy (non-hydrogen) atoms. The zero-order valence-corrected chi connectivity index (χ0v) is 14.3. The van der Waals surface area contributed by atoms with Gasteiger partial charge in [-0.25, -0.2) is 9.18 Å². The Labute approximate surface area is 148 Å². The van der Waals surface area contributed by atoms with Gasteiger partial charge in [0.2, 0.25) is 0 Å². The Morgan fingerprint density at radius 2 is 2.08 bits per heavy atom. The zero-order valence-electron chi connectivity index (χ0n) is 14.3. The number of halogens is 1. The van der Waals surface area contributed by atoms with Crippen molar-refractivity contribution in [2.75, 3.05) is 37.4 Å². The molecule has 0 amide bonds. The number of hydrogen-bond acceptors (Lipinski definition) is 7. The smallest absolute Gasteiger partial charge is 0.330 e. The van der Waals surface area contributed by atoms with Crippen molar-refractivity contribution in [3.63, 3.8) is 0 Å². The lowest BCUT2D eigenvalue weighted by molar-refractivity contribution is 0.317. The Hall–Kier alpha value is -2.85. The average Bonchev–Trinajstić information content (AvgIpc) is 3.06. The van der Waals surface area contributed by atoms with Crippen molar-refractivity contribution in [2.24, 2.45) is 0 Å². The quantitative estimate of drug-likeness (QED) is 0.468. The highest BCUT2D eigenvalue weighted by Gasteiger charge is 2.18. The summed E-state index contributed by atoms with van der Waals surface area (Å²) < 4.78 is 15.3. The lowest BCUT2D eigenvalue weighted by Crippen LogP contribution is -2.37. The van der Waals surface area contributed by atoms with Crippen LogP contribution in [0.25, 0.3) is 0 Å². The first-order valence-corrected chi connectivity index (χ1v) is 8.18. The highest BCUT2D eigenvalue weighted by Crippen LogP contribution is 2.31. The fourth-order valence-corrected chi connectivity index (χ4v) is 2.89. The number of aromatic hydroxyl groups is 1. The van der Waals surface area contributed by atoms with Gasteiger partial charge in [0.25, 0.3) is 5.56 Å². The van der Waals surface area contributed by atoms with Gasteiger partial charge in [0.05, 0.1) is 0 Å². The molecule has 1 fully saturated rings. The molecule has 1 aliphatic heterocycles. The van der Waals surface area contributed by atoms with Gasteiger partial charge in [-0.15, -0.1) is 0 Å². The second kappa shape index (κ2) is 7.18. The van der Waals surface area contributed by atoms with Crippen LogP contribution < -0.4 is 27.6 Å². The molecule has 2 heterocycles. The molecule has 9 nitrogen and oxygen atoms in total. The van der Waals surface area contributed by atoms with E-state index in [1.54, 1.807) is 6.92 Å². The predicted molar refractivity (Wildman–Crippen MR) is 96.3 cm³/mol. The number of benzene rings is 1. The van der Waals surface area contributed by atoms with E-state index in [4.69, 9.17) is 5.73 Å². The van der Waals surface area contributed by atoms with Gasteiger partial charge >= 0.3 is 5.69 Å². The van der Waals surface area contributed by atoms with Gasteiger partial charge in [0, 0.05) is 32.8 Å². The molecule has 0 aliphatic carbocycles. The number of nitrogens with one attached hydrogen (secondary N) is 3. The summed E-state index contributed by atoms with van der Waals surface area (Å²) in [6.45, 7) is 4.89. The fraction of sp³-hybridized carbons (Fsp3) is 0.375. The topological polar surface area (TPSA) is 128 Å². The number of hydrogen-bond donors (Lipinski definition) is 5. The van der Waals surface area contributed by atoms with Crippen molar-refractivity contribution >= 4 is 17.2 Å². The summed E-state index contributed by atoms with van der Waals surface area (Å²) in [6, 6.07) is 2.56. The Balaban J connectivity index is 1.93. The Morgan fingerprint density at radius 1 is 1.31 bits per heavy atom. The second-order valence-electron chi connectivity index (χ2n) is 6.21. The summed E-state index contributed by atoms with van der Waals surface area (Å²) in [5, 5.41) is 15.6. The van der Waals surface area contributed by atoms with Crippen LogP contribution in [0.4, 0.5) is 21.6 Å². The van der Waals surface area contributed by atoms with Crippen LogP contribution >= 0.6 is 0 Å². The van der Waals surface area contributed by atoms with E-state index >= 15 is 0 Å². The normalized spacial score (nSPS) is 14.7. The second-order valence-corrected chi connectivity index (χ2v) is 6.21. The van der Waals surface area contributed by atoms with E-state index in [2.05, 4.69) is 20.5 Å². The maximum atomic E-state index is 14.1. The Bertz CT molecular complexity index is 910. The summed E-state index contributed by atoms with van der Waals surface area (Å²) in [6.07, 6.45) is 0. The third-order valence-electron chi connectivity index (χ3n) is 4.28. The van der Waals surface area contributed by atoms with Crippen molar-refractivity contribution in [1.29, 1.82) is 0 Å². The lowest BCUT2D eigenvalue weighted by atomic mass is 10.2. The summed E-state index contributed by atoms with van der Waals surface area (Å²) in [4.78, 5) is 28.5. The van der Waals surface area contributed by atoms with E-state index in [0.29, 0.717) is 18.8 Å². The number of aromatic amines is 1. The first-order valence-electron chi connectivity index (χ1n) is 8.18. The van der Waals surface area contributed by atoms with E-state index in [1.165, 1.54) is 16.7 Å². The maximum Gasteiger partial charge on any atom is 0.330 e. The minimum atomic E-state index is -0.786. The predicted octanol–water partition coefficient (Wildman–Crippen LogP) is -0.122. The number of nitrogens with two attached hydrogens (primary N) is 1. The van der Waals surface area contributed by atoms with Crippen LogP contribution in [-0.2, 0) is 6.54 Å². The minimum absolute atomic E-state index is 0.120. The van der Waals surface area contributed by atoms with E-state index in [1.807, 2.05) is 0 Å². The number of anilines is 3. The van der Waals surface area contributed by atoms with Crippen LogP contribution in [0, 0.1) is 12.7 Å². The molecule has 0 atom stereocenters. The zero-order chi connectivity index (χ0) is 18.8. The van der Waals surface area contributed by atoms with Gasteiger partial charge in [0.1, 0.15) is 22.9 Å². The SMILES string of the molecule is Cc1cc(O)c(Nc2c(N)n(CCN3CCNC3)c(=O)[nH]c2=O)c(F)c1. The van der Waals surface area contributed by atoms with Crippen molar-refractivity contribution in [3.05, 3.63) is 44.4 Å². The fourth-order valence-electron chi connectivity index (χ4n) is 2.89. The van der Waals surface area contributed by atoms with Crippen molar-refractivity contribution < 1.29 is 9.50 Å². The van der Waals surface area contributed by atoms with Crippen LogP contribution in [-0.4, -0.2) is 45.9 Å². The number of phenols is 1. The van der Waals surface area contributed by atoms with E-state index in [9.17, 15) is 19.1 Å². The third kappa shape index (κ3) is 3.55. The lowest BCUT2D eigenvalue weighted by Gasteiger charge is -2.18. The molecule has 1 aliphatic rings. The Morgan fingerprint density at radius 3 is 2.73 bits per heavy atom. The summed E-state index contributed by atoms with van der Waals surface area (Å²) in [7, 11) is 0. The number of aromatic nitrogens is 2. The van der Waals surface area contributed by atoms with E-state index in [0.717, 1.165) is 13.1 Å². The highest BCUT2D eigenvalue weighted by atomic mass is 19.1.